The average Bonchev–Trinajstić information content (AvgIpc) is 3.15. The van der Waals surface area contributed by atoms with Crippen molar-refractivity contribution in [2.75, 3.05) is 13.7 Å². The molecular weight excluding hydrogens is 282 g/mol. The van der Waals surface area contributed by atoms with Crippen LogP contribution in [0.3, 0.4) is 0 Å². The third-order valence-corrected chi connectivity index (χ3v) is 4.78. The zero-order chi connectivity index (χ0) is 14.7. The lowest BCUT2D eigenvalue weighted by Gasteiger charge is -2.20. The lowest BCUT2D eigenvalue weighted by molar-refractivity contribution is 0.134. The van der Waals surface area contributed by atoms with Crippen LogP contribution in [-0.2, 0) is 18.0 Å². The second kappa shape index (κ2) is 6.60. The maximum atomic E-state index is 5.52. The van der Waals surface area contributed by atoms with Crippen molar-refractivity contribution < 1.29 is 9.47 Å². The molecule has 0 radical (unpaired) electrons. The Balaban J connectivity index is 1.95. The van der Waals surface area contributed by atoms with E-state index in [2.05, 4.69) is 35.8 Å². The Hall–Kier alpha value is -1.36. The fourth-order valence-electron chi connectivity index (χ4n) is 2.71. The quantitative estimate of drug-likeness (QED) is 0.878. The van der Waals surface area contributed by atoms with E-state index >= 15 is 0 Å². The second-order valence-electron chi connectivity index (χ2n) is 5.26. The van der Waals surface area contributed by atoms with Crippen LogP contribution in [0.5, 0.6) is 5.75 Å². The van der Waals surface area contributed by atoms with Crippen molar-refractivity contribution in [2.45, 2.75) is 32.6 Å². The first kappa shape index (κ1) is 14.6. The Bertz CT molecular complexity index is 609. The molecule has 0 spiro atoms. The third kappa shape index (κ3) is 2.98. The molecule has 112 valence electrons. The molecule has 1 unspecified atom stereocenters. The average molecular weight is 303 g/mol. The smallest absolute Gasteiger partial charge is 0.134 e. The highest BCUT2D eigenvalue weighted by Gasteiger charge is 2.21. The Morgan fingerprint density at radius 2 is 2.14 bits per heavy atom. The number of thiophene rings is 1. The lowest BCUT2D eigenvalue weighted by atomic mass is 9.99. The second-order valence-corrected chi connectivity index (χ2v) is 6.21. The van der Waals surface area contributed by atoms with Gasteiger partial charge in [0.1, 0.15) is 5.75 Å². The van der Waals surface area contributed by atoms with Gasteiger partial charge < -0.3 is 14.8 Å². The van der Waals surface area contributed by atoms with E-state index in [0.29, 0.717) is 0 Å². The molecule has 1 aromatic heterocycles. The number of nitrogens with one attached hydrogen (secondary N) is 1. The van der Waals surface area contributed by atoms with Crippen LogP contribution in [-0.4, -0.2) is 13.7 Å². The molecule has 2 heterocycles. The minimum absolute atomic E-state index is 0.186. The summed E-state index contributed by atoms with van der Waals surface area (Å²) in [6.45, 7) is 4.64. The predicted molar refractivity (Wildman–Crippen MR) is 85.9 cm³/mol. The number of hydrogen-bond acceptors (Lipinski definition) is 4. The van der Waals surface area contributed by atoms with Gasteiger partial charge in [0.15, 0.2) is 0 Å². The van der Waals surface area contributed by atoms with Crippen molar-refractivity contribution in [2.24, 2.45) is 0 Å². The summed E-state index contributed by atoms with van der Waals surface area (Å²) in [6, 6.07) is 8.90. The van der Waals surface area contributed by atoms with Gasteiger partial charge in [0.25, 0.3) is 0 Å². The van der Waals surface area contributed by atoms with E-state index < -0.39 is 0 Å². The zero-order valence-electron chi connectivity index (χ0n) is 12.5. The summed E-state index contributed by atoms with van der Waals surface area (Å²) in [6.07, 6.45) is 1.11. The van der Waals surface area contributed by atoms with Gasteiger partial charge in [-0.2, -0.15) is 0 Å². The first-order valence-electron chi connectivity index (χ1n) is 7.37. The third-order valence-electron chi connectivity index (χ3n) is 3.82. The molecule has 1 aromatic carbocycles. The molecule has 3 rings (SSSR count). The van der Waals surface area contributed by atoms with Crippen molar-refractivity contribution in [3.63, 3.8) is 0 Å². The molecule has 1 N–H and O–H groups in total. The highest BCUT2D eigenvalue weighted by molar-refractivity contribution is 7.10. The highest BCUT2D eigenvalue weighted by Crippen LogP contribution is 2.36. The van der Waals surface area contributed by atoms with Crippen LogP contribution in [0.2, 0.25) is 0 Å². The van der Waals surface area contributed by atoms with Gasteiger partial charge in [-0.05, 0) is 41.1 Å². The Kier molecular flexibility index (Phi) is 4.58. The van der Waals surface area contributed by atoms with Crippen LogP contribution in [0.15, 0.2) is 29.6 Å². The molecule has 21 heavy (non-hydrogen) atoms. The SMILES string of the molecule is CCCNC(c1ccc2c(c1)COC2)c1sccc1OC. The molecule has 2 aromatic rings. The van der Waals surface area contributed by atoms with E-state index in [-0.39, 0.29) is 6.04 Å². The lowest BCUT2D eigenvalue weighted by Crippen LogP contribution is -2.23. The highest BCUT2D eigenvalue weighted by atomic mass is 32.1. The molecule has 3 nitrogen and oxygen atoms in total. The molecular formula is C17H21NO2S. The molecule has 4 heteroatoms. The van der Waals surface area contributed by atoms with Gasteiger partial charge in [-0.15, -0.1) is 11.3 Å². The standard InChI is InChI=1S/C17H21NO2S/c1-3-7-18-16(17-15(19-2)6-8-21-17)12-4-5-13-10-20-11-14(13)9-12/h4-6,8-9,16,18H,3,7,10-11H2,1-2H3. The number of methoxy groups -OCH3 is 1. The van der Waals surface area contributed by atoms with Crippen molar-refractivity contribution in [1.29, 1.82) is 0 Å². The van der Waals surface area contributed by atoms with Crippen LogP contribution in [0, 0.1) is 0 Å². The van der Waals surface area contributed by atoms with E-state index in [4.69, 9.17) is 9.47 Å². The van der Waals surface area contributed by atoms with Gasteiger partial charge in [0.05, 0.1) is 31.2 Å². The van der Waals surface area contributed by atoms with E-state index in [9.17, 15) is 0 Å². The number of fused-ring (bicyclic) bond motifs is 1. The van der Waals surface area contributed by atoms with Crippen molar-refractivity contribution >= 4 is 11.3 Å². The van der Waals surface area contributed by atoms with E-state index in [1.54, 1.807) is 18.4 Å². The molecule has 0 aliphatic carbocycles. The molecule has 0 saturated carbocycles. The van der Waals surface area contributed by atoms with Crippen LogP contribution in [0.1, 0.15) is 41.0 Å². The molecule has 1 atom stereocenters. The van der Waals surface area contributed by atoms with Crippen molar-refractivity contribution in [3.05, 3.63) is 51.2 Å². The fourth-order valence-corrected chi connectivity index (χ4v) is 3.67. The molecule has 1 aliphatic heterocycles. The summed E-state index contributed by atoms with van der Waals surface area (Å²) in [5.41, 5.74) is 3.91. The van der Waals surface area contributed by atoms with E-state index in [1.807, 2.05) is 6.07 Å². The summed E-state index contributed by atoms with van der Waals surface area (Å²) in [5, 5.41) is 5.73. The predicted octanol–water partition coefficient (Wildman–Crippen LogP) is 3.88. The number of rotatable bonds is 6. The first-order valence-corrected chi connectivity index (χ1v) is 8.25. The van der Waals surface area contributed by atoms with Crippen LogP contribution in [0.4, 0.5) is 0 Å². The number of ether oxygens (including phenoxy) is 2. The summed E-state index contributed by atoms with van der Waals surface area (Å²) in [5.74, 6) is 0.963. The molecule has 0 bridgehead atoms. The first-order chi connectivity index (χ1) is 10.3. The Morgan fingerprint density at radius 3 is 2.95 bits per heavy atom. The summed E-state index contributed by atoms with van der Waals surface area (Å²) in [4.78, 5) is 1.24. The van der Waals surface area contributed by atoms with E-state index in [0.717, 1.165) is 31.9 Å². The molecule has 0 saturated heterocycles. The van der Waals surface area contributed by atoms with Crippen LogP contribution >= 0.6 is 11.3 Å². The minimum Gasteiger partial charge on any atom is -0.496 e. The van der Waals surface area contributed by atoms with Crippen molar-refractivity contribution in [3.8, 4) is 5.75 Å². The molecule has 0 amide bonds. The van der Waals surface area contributed by atoms with Gasteiger partial charge >= 0.3 is 0 Å². The van der Waals surface area contributed by atoms with Gasteiger partial charge in [-0.25, -0.2) is 0 Å². The monoisotopic (exact) mass is 303 g/mol. The molecule has 1 aliphatic rings. The summed E-state index contributed by atoms with van der Waals surface area (Å²) >= 11 is 1.74. The Labute approximate surface area is 129 Å². The van der Waals surface area contributed by atoms with Crippen LogP contribution in [0.25, 0.3) is 0 Å². The maximum Gasteiger partial charge on any atom is 0.134 e. The largest absolute Gasteiger partial charge is 0.496 e. The van der Waals surface area contributed by atoms with Gasteiger partial charge in [0, 0.05) is 0 Å². The maximum absolute atomic E-state index is 5.52. The fraction of sp³-hybridized carbons (Fsp3) is 0.412. The summed E-state index contributed by atoms with van der Waals surface area (Å²) < 4.78 is 11.0. The summed E-state index contributed by atoms with van der Waals surface area (Å²) in [7, 11) is 1.74. The number of benzene rings is 1. The topological polar surface area (TPSA) is 30.5 Å². The van der Waals surface area contributed by atoms with Gasteiger partial charge in [-0.1, -0.05) is 25.1 Å². The van der Waals surface area contributed by atoms with Crippen LogP contribution < -0.4 is 10.1 Å². The van der Waals surface area contributed by atoms with Crippen molar-refractivity contribution in [1.82, 2.24) is 5.32 Å². The van der Waals surface area contributed by atoms with Gasteiger partial charge in [-0.3, -0.25) is 0 Å². The minimum atomic E-state index is 0.186. The molecule has 0 fully saturated rings. The van der Waals surface area contributed by atoms with E-state index in [1.165, 1.54) is 21.6 Å². The Morgan fingerprint density at radius 1 is 1.29 bits per heavy atom. The van der Waals surface area contributed by atoms with Gasteiger partial charge in [0.2, 0.25) is 0 Å². The normalized spacial score (nSPS) is 15.0. The number of hydrogen-bond donors (Lipinski definition) is 1. The zero-order valence-corrected chi connectivity index (χ0v) is 13.3.